The molecule has 2 aliphatic rings. The normalized spacial score (nSPS) is 29.1. The SMILES string of the molecule is CN(C)C1CCC(NC(=O)N2CCS(=O)(=O)CC2c2cnn(C)c2)C1. The van der Waals surface area contributed by atoms with Crippen molar-refractivity contribution >= 4 is 15.9 Å². The molecular formula is C16H27N5O3S. The number of carbonyl (C=O) groups excluding carboxylic acids is 1. The van der Waals surface area contributed by atoms with Crippen molar-refractivity contribution in [3.8, 4) is 0 Å². The smallest absolute Gasteiger partial charge is 0.318 e. The molecule has 25 heavy (non-hydrogen) atoms. The van der Waals surface area contributed by atoms with E-state index in [4.69, 9.17) is 0 Å². The fraction of sp³-hybridized carbons (Fsp3) is 0.750. The molecule has 1 aromatic heterocycles. The largest absolute Gasteiger partial charge is 0.335 e. The highest BCUT2D eigenvalue weighted by Gasteiger charge is 2.37. The highest BCUT2D eigenvalue weighted by atomic mass is 32.2. The minimum Gasteiger partial charge on any atom is -0.335 e. The summed E-state index contributed by atoms with van der Waals surface area (Å²) in [6.45, 7) is 0.220. The summed E-state index contributed by atoms with van der Waals surface area (Å²) in [4.78, 5) is 16.7. The highest BCUT2D eigenvalue weighted by molar-refractivity contribution is 7.91. The number of nitrogens with zero attached hydrogens (tertiary/aromatic N) is 4. The molecule has 1 saturated heterocycles. The van der Waals surface area contributed by atoms with Crippen molar-refractivity contribution in [3.05, 3.63) is 18.0 Å². The van der Waals surface area contributed by atoms with E-state index in [1.54, 1.807) is 29.0 Å². The number of amides is 2. The number of urea groups is 1. The van der Waals surface area contributed by atoms with Gasteiger partial charge in [0.15, 0.2) is 9.84 Å². The van der Waals surface area contributed by atoms with Gasteiger partial charge < -0.3 is 15.1 Å². The van der Waals surface area contributed by atoms with E-state index in [2.05, 4.69) is 29.4 Å². The van der Waals surface area contributed by atoms with Gasteiger partial charge in [0.25, 0.3) is 0 Å². The number of carbonyl (C=O) groups is 1. The number of nitrogens with one attached hydrogen (secondary N) is 1. The number of hydrogen-bond donors (Lipinski definition) is 1. The van der Waals surface area contributed by atoms with Gasteiger partial charge in [0.1, 0.15) is 0 Å². The van der Waals surface area contributed by atoms with Crippen LogP contribution in [0.25, 0.3) is 0 Å². The Morgan fingerprint density at radius 3 is 2.72 bits per heavy atom. The zero-order valence-corrected chi connectivity index (χ0v) is 15.9. The highest BCUT2D eigenvalue weighted by Crippen LogP contribution is 2.28. The summed E-state index contributed by atoms with van der Waals surface area (Å²) in [5.41, 5.74) is 0.763. The Bertz CT molecular complexity index is 730. The van der Waals surface area contributed by atoms with Gasteiger partial charge in [0, 0.05) is 37.4 Å². The number of aromatic nitrogens is 2. The van der Waals surface area contributed by atoms with Crippen LogP contribution in [0.3, 0.4) is 0 Å². The Hall–Kier alpha value is -1.61. The molecule has 2 fully saturated rings. The minimum absolute atomic E-state index is 0.0160. The zero-order valence-electron chi connectivity index (χ0n) is 15.1. The van der Waals surface area contributed by atoms with Gasteiger partial charge in [-0.25, -0.2) is 13.2 Å². The maximum Gasteiger partial charge on any atom is 0.318 e. The van der Waals surface area contributed by atoms with Crippen LogP contribution in [0.4, 0.5) is 4.79 Å². The number of sulfone groups is 1. The fourth-order valence-electron chi connectivity index (χ4n) is 3.75. The van der Waals surface area contributed by atoms with Crippen molar-refractivity contribution in [1.29, 1.82) is 0 Å². The van der Waals surface area contributed by atoms with E-state index < -0.39 is 15.9 Å². The molecule has 1 N–H and O–H groups in total. The first-order valence-electron chi connectivity index (χ1n) is 8.68. The summed E-state index contributed by atoms with van der Waals surface area (Å²) in [6.07, 6.45) is 6.38. The van der Waals surface area contributed by atoms with Gasteiger partial charge >= 0.3 is 6.03 Å². The number of rotatable bonds is 3. The van der Waals surface area contributed by atoms with E-state index in [1.807, 2.05) is 0 Å². The van der Waals surface area contributed by atoms with E-state index >= 15 is 0 Å². The zero-order chi connectivity index (χ0) is 18.2. The molecule has 1 aliphatic heterocycles. The minimum atomic E-state index is -3.15. The summed E-state index contributed by atoms with van der Waals surface area (Å²) < 4.78 is 25.8. The monoisotopic (exact) mass is 369 g/mol. The van der Waals surface area contributed by atoms with Crippen LogP contribution >= 0.6 is 0 Å². The maximum absolute atomic E-state index is 12.8. The Balaban J connectivity index is 1.71. The van der Waals surface area contributed by atoms with Crippen LogP contribution in [0, 0.1) is 0 Å². The van der Waals surface area contributed by atoms with Gasteiger partial charge in [0.2, 0.25) is 0 Å². The van der Waals surface area contributed by atoms with Gasteiger partial charge in [0.05, 0.1) is 23.7 Å². The molecule has 0 aromatic carbocycles. The Kier molecular flexibility index (Phi) is 5.06. The van der Waals surface area contributed by atoms with Crippen LogP contribution < -0.4 is 5.32 Å². The van der Waals surface area contributed by atoms with Crippen LogP contribution in [0.15, 0.2) is 12.4 Å². The first kappa shape index (κ1) is 18.2. The molecule has 3 atom stereocenters. The lowest BCUT2D eigenvalue weighted by Gasteiger charge is -2.35. The van der Waals surface area contributed by atoms with E-state index in [9.17, 15) is 13.2 Å². The van der Waals surface area contributed by atoms with Gasteiger partial charge in [-0.3, -0.25) is 4.68 Å². The number of aryl methyl sites for hydroxylation is 1. The van der Waals surface area contributed by atoms with Gasteiger partial charge in [-0.05, 0) is 33.4 Å². The Morgan fingerprint density at radius 2 is 2.12 bits per heavy atom. The molecular weight excluding hydrogens is 342 g/mol. The topological polar surface area (TPSA) is 87.5 Å². The van der Waals surface area contributed by atoms with Gasteiger partial charge in [-0.15, -0.1) is 0 Å². The van der Waals surface area contributed by atoms with Crippen LogP contribution in [0.5, 0.6) is 0 Å². The van der Waals surface area contributed by atoms with Gasteiger partial charge in [-0.2, -0.15) is 5.10 Å². The molecule has 9 heteroatoms. The van der Waals surface area contributed by atoms with E-state index in [0.29, 0.717) is 6.04 Å². The molecule has 0 spiro atoms. The van der Waals surface area contributed by atoms with E-state index in [1.165, 1.54) is 0 Å². The molecule has 0 bridgehead atoms. The average Bonchev–Trinajstić information content (AvgIpc) is 3.15. The molecule has 8 nitrogen and oxygen atoms in total. The standard InChI is InChI=1S/C16H27N5O3S/c1-19(2)14-5-4-13(8-14)18-16(22)21-6-7-25(23,24)11-15(21)12-9-17-20(3)10-12/h9-10,13-15H,4-8,11H2,1-3H3,(H,18,22). The van der Waals surface area contributed by atoms with Crippen LogP contribution in [-0.2, 0) is 16.9 Å². The third-order valence-corrected chi connectivity index (χ3v) is 6.89. The summed E-state index contributed by atoms with van der Waals surface area (Å²) in [6, 6.07) is -0.0132. The van der Waals surface area contributed by atoms with Crippen molar-refractivity contribution in [2.24, 2.45) is 7.05 Å². The predicted octanol–water partition coefficient (Wildman–Crippen LogP) is 0.384. The van der Waals surface area contributed by atoms with Crippen molar-refractivity contribution in [2.75, 3.05) is 32.1 Å². The maximum atomic E-state index is 12.8. The van der Waals surface area contributed by atoms with E-state index in [0.717, 1.165) is 24.8 Å². The lowest BCUT2D eigenvalue weighted by Crippen LogP contribution is -2.52. The van der Waals surface area contributed by atoms with Crippen molar-refractivity contribution in [2.45, 2.75) is 37.4 Å². The molecule has 1 aliphatic carbocycles. The van der Waals surface area contributed by atoms with Crippen LogP contribution in [-0.4, -0.2) is 78.3 Å². The molecule has 1 saturated carbocycles. The summed E-state index contributed by atoms with van der Waals surface area (Å²) in [5, 5.41) is 7.23. The first-order valence-corrected chi connectivity index (χ1v) is 10.5. The Labute approximate surface area is 149 Å². The molecule has 2 heterocycles. The van der Waals surface area contributed by atoms with E-state index in [-0.39, 0.29) is 30.1 Å². The Morgan fingerprint density at radius 1 is 1.36 bits per heavy atom. The van der Waals surface area contributed by atoms with Crippen LogP contribution in [0.2, 0.25) is 0 Å². The summed E-state index contributed by atoms with van der Waals surface area (Å²) in [7, 11) is 2.75. The second-order valence-electron chi connectivity index (χ2n) is 7.35. The second kappa shape index (κ2) is 6.95. The van der Waals surface area contributed by atoms with Crippen molar-refractivity contribution < 1.29 is 13.2 Å². The van der Waals surface area contributed by atoms with Gasteiger partial charge in [-0.1, -0.05) is 0 Å². The molecule has 0 radical (unpaired) electrons. The molecule has 3 rings (SSSR count). The molecule has 2 amide bonds. The second-order valence-corrected chi connectivity index (χ2v) is 9.58. The lowest BCUT2D eigenvalue weighted by molar-refractivity contribution is 0.176. The fourth-order valence-corrected chi connectivity index (χ4v) is 5.25. The summed E-state index contributed by atoms with van der Waals surface area (Å²) in [5.74, 6) is -0.0285. The molecule has 3 unspecified atom stereocenters. The molecule has 1 aromatic rings. The molecule has 140 valence electrons. The quantitative estimate of drug-likeness (QED) is 0.832. The first-order chi connectivity index (χ1) is 11.7. The third kappa shape index (κ3) is 4.14. The number of hydrogen-bond acceptors (Lipinski definition) is 5. The predicted molar refractivity (Wildman–Crippen MR) is 95.0 cm³/mol. The lowest BCUT2D eigenvalue weighted by atomic mass is 10.1. The van der Waals surface area contributed by atoms with Crippen molar-refractivity contribution in [1.82, 2.24) is 24.9 Å². The van der Waals surface area contributed by atoms with Crippen LogP contribution in [0.1, 0.15) is 30.9 Å². The average molecular weight is 369 g/mol. The van der Waals surface area contributed by atoms with Crippen molar-refractivity contribution in [3.63, 3.8) is 0 Å². The third-order valence-electron chi connectivity index (χ3n) is 5.26. The summed E-state index contributed by atoms with van der Waals surface area (Å²) >= 11 is 0.